The van der Waals surface area contributed by atoms with Crippen molar-refractivity contribution in [2.75, 3.05) is 18.0 Å². The molecule has 1 aliphatic heterocycles. The fourth-order valence-corrected chi connectivity index (χ4v) is 9.79. The van der Waals surface area contributed by atoms with Gasteiger partial charge in [0.2, 0.25) is 0 Å². The lowest BCUT2D eigenvalue weighted by atomic mass is 9.52. The second kappa shape index (κ2) is 11.1. The number of hydrogen-bond donors (Lipinski definition) is 2. The number of halogens is 2. The molecule has 6 aliphatic rings. The molecule has 1 saturated heterocycles. The molecule has 0 aromatic carbocycles. The highest BCUT2D eigenvalue weighted by atomic mass is 32.2. The van der Waals surface area contributed by atoms with Crippen LogP contribution in [0.5, 0.6) is 0 Å². The topological polar surface area (TPSA) is 91.8 Å². The summed E-state index contributed by atoms with van der Waals surface area (Å²) in [6.07, 6.45) is 10.4. The van der Waals surface area contributed by atoms with E-state index in [1.54, 1.807) is 11.8 Å². The van der Waals surface area contributed by atoms with Gasteiger partial charge in [-0.3, -0.25) is 9.59 Å². The average Bonchev–Trinajstić information content (AvgIpc) is 3.38. The molecule has 3 unspecified atom stereocenters. The van der Waals surface area contributed by atoms with E-state index in [0.717, 1.165) is 55.9 Å². The maximum Gasteiger partial charge on any atom is 0.345 e. The monoisotopic (exact) mass is 563 g/mol. The summed E-state index contributed by atoms with van der Waals surface area (Å²) in [6, 6.07) is 3.76. The number of piperidine rings is 1. The second-order valence-corrected chi connectivity index (χ2v) is 13.9. The smallest absolute Gasteiger partial charge is 0.345 e. The Hall–Kier alpha value is -1.94. The van der Waals surface area contributed by atoms with Gasteiger partial charge in [-0.15, -0.1) is 11.8 Å². The van der Waals surface area contributed by atoms with Crippen LogP contribution in [0.4, 0.5) is 14.6 Å². The van der Waals surface area contributed by atoms with Crippen LogP contribution in [-0.2, 0) is 9.53 Å². The highest BCUT2D eigenvalue weighted by molar-refractivity contribution is 7.99. The van der Waals surface area contributed by atoms with E-state index in [0.29, 0.717) is 42.5 Å². The van der Waals surface area contributed by atoms with Crippen LogP contribution in [0.1, 0.15) is 87.4 Å². The molecule has 39 heavy (non-hydrogen) atoms. The van der Waals surface area contributed by atoms with Crippen molar-refractivity contribution in [3.63, 3.8) is 0 Å². The highest BCUT2D eigenvalue weighted by Crippen LogP contribution is 2.57. The fourth-order valence-electron chi connectivity index (χ4n) is 8.47. The van der Waals surface area contributed by atoms with Crippen molar-refractivity contribution in [1.29, 1.82) is 0 Å². The highest BCUT2D eigenvalue weighted by Gasteiger charge is 2.57. The summed E-state index contributed by atoms with van der Waals surface area (Å²) in [5.41, 5.74) is -0.145. The van der Waals surface area contributed by atoms with Crippen molar-refractivity contribution < 1.29 is 28.2 Å². The number of carboxylic acid groups (broad SMARTS) is 1. The van der Waals surface area contributed by atoms with Crippen LogP contribution >= 0.6 is 11.8 Å². The molecule has 1 aromatic rings. The number of carbonyl (C=O) groups excluding carboxylic acids is 1. The lowest BCUT2D eigenvalue weighted by molar-refractivity contribution is -0.260. The first-order valence-electron chi connectivity index (χ1n) is 14.7. The number of ether oxygens (including phenoxy) is 1. The van der Waals surface area contributed by atoms with E-state index >= 15 is 0 Å². The molecule has 5 aliphatic carbocycles. The van der Waals surface area contributed by atoms with Crippen molar-refractivity contribution in [3.8, 4) is 0 Å². The third-order valence-corrected chi connectivity index (χ3v) is 11.2. The lowest BCUT2D eigenvalue weighted by Crippen LogP contribution is -2.62. The molecule has 1 aromatic heterocycles. The molecule has 2 heterocycles. The zero-order valence-electron chi connectivity index (χ0n) is 22.3. The average molecular weight is 564 g/mol. The minimum Gasteiger partial charge on any atom is -0.481 e. The van der Waals surface area contributed by atoms with E-state index in [2.05, 4.69) is 10.2 Å². The first-order valence-corrected chi connectivity index (χ1v) is 15.6. The summed E-state index contributed by atoms with van der Waals surface area (Å²) in [4.78, 5) is 32.2. The van der Waals surface area contributed by atoms with Gasteiger partial charge in [-0.25, -0.2) is 4.98 Å². The van der Waals surface area contributed by atoms with E-state index in [1.165, 1.54) is 12.8 Å². The van der Waals surface area contributed by atoms with E-state index in [4.69, 9.17) is 9.72 Å². The van der Waals surface area contributed by atoms with Crippen LogP contribution in [0.15, 0.2) is 17.2 Å². The van der Waals surface area contributed by atoms with Gasteiger partial charge >= 0.3 is 12.6 Å². The van der Waals surface area contributed by atoms with Gasteiger partial charge in [0.1, 0.15) is 10.8 Å². The Labute approximate surface area is 232 Å². The summed E-state index contributed by atoms with van der Waals surface area (Å²) >= 11 is 1.70. The molecule has 7 rings (SSSR count). The molecule has 0 radical (unpaired) electrons. The van der Waals surface area contributed by atoms with Gasteiger partial charge < -0.3 is 20.1 Å². The summed E-state index contributed by atoms with van der Waals surface area (Å²) in [7, 11) is 0. The third-order valence-electron chi connectivity index (χ3n) is 9.83. The first kappa shape index (κ1) is 27.2. The van der Waals surface area contributed by atoms with E-state index in [9.17, 15) is 23.5 Å². The normalized spacial score (nSPS) is 34.1. The Morgan fingerprint density at radius 1 is 1.13 bits per heavy atom. The number of nitrogens with zero attached hydrogens (tertiary/aromatic N) is 2. The van der Waals surface area contributed by atoms with E-state index in [-0.39, 0.29) is 36.1 Å². The number of amides is 1. The van der Waals surface area contributed by atoms with Gasteiger partial charge in [0.05, 0.1) is 11.2 Å². The van der Waals surface area contributed by atoms with Gasteiger partial charge in [-0.2, -0.15) is 8.78 Å². The quantitative estimate of drug-likeness (QED) is 0.397. The van der Waals surface area contributed by atoms with Gasteiger partial charge in [-0.05, 0) is 93.6 Å². The number of thioether (sulfide) groups is 1. The Morgan fingerprint density at radius 2 is 1.87 bits per heavy atom. The number of alkyl halides is 2. The second-order valence-electron chi connectivity index (χ2n) is 12.6. The predicted molar refractivity (Wildman–Crippen MR) is 144 cm³/mol. The number of anilines is 1. The van der Waals surface area contributed by atoms with Crippen LogP contribution in [0, 0.1) is 23.7 Å². The minimum atomic E-state index is -2.76. The molecular formula is C29H39F2N3O4S. The van der Waals surface area contributed by atoms with Gasteiger partial charge in [0.15, 0.2) is 0 Å². The zero-order valence-corrected chi connectivity index (χ0v) is 23.1. The van der Waals surface area contributed by atoms with Crippen LogP contribution in [0.2, 0.25) is 0 Å². The van der Waals surface area contributed by atoms with Crippen molar-refractivity contribution >= 4 is 29.5 Å². The number of aliphatic carboxylic acids is 1. The molecular weight excluding hydrogens is 524 g/mol. The van der Waals surface area contributed by atoms with Gasteiger partial charge in [0.25, 0.3) is 5.91 Å². The van der Waals surface area contributed by atoms with Gasteiger partial charge in [0, 0.05) is 30.8 Å². The van der Waals surface area contributed by atoms with Gasteiger partial charge in [-0.1, -0.05) is 12.8 Å². The number of aromatic nitrogens is 1. The molecule has 7 nitrogen and oxygen atoms in total. The summed E-state index contributed by atoms with van der Waals surface area (Å²) in [5, 5.41) is 13.8. The molecule has 1 amide bonds. The Bertz CT molecular complexity index is 1060. The van der Waals surface area contributed by atoms with Crippen molar-refractivity contribution in [1.82, 2.24) is 10.3 Å². The van der Waals surface area contributed by atoms with Crippen LogP contribution in [-0.4, -0.2) is 58.6 Å². The third kappa shape index (κ3) is 5.92. The molecule has 4 bridgehead atoms. The van der Waals surface area contributed by atoms with Crippen LogP contribution in [0.25, 0.3) is 0 Å². The Morgan fingerprint density at radius 3 is 2.56 bits per heavy atom. The van der Waals surface area contributed by atoms with Crippen LogP contribution in [0.3, 0.4) is 0 Å². The molecule has 3 atom stereocenters. The minimum absolute atomic E-state index is 0.0219. The molecule has 0 spiro atoms. The molecule has 214 valence electrons. The summed E-state index contributed by atoms with van der Waals surface area (Å²) in [6.45, 7) is -1.27. The Kier molecular flexibility index (Phi) is 7.79. The largest absolute Gasteiger partial charge is 0.481 e. The molecule has 10 heteroatoms. The lowest BCUT2D eigenvalue weighted by Gasteiger charge is -2.59. The molecule has 5 saturated carbocycles. The fraction of sp³-hybridized carbons (Fsp3) is 0.759. The van der Waals surface area contributed by atoms with Crippen molar-refractivity contribution in [2.24, 2.45) is 23.7 Å². The number of nitrogens with one attached hydrogen (secondary N) is 1. The Balaban J connectivity index is 1.20. The number of carbonyl (C=O) groups is 2. The summed E-state index contributed by atoms with van der Waals surface area (Å²) in [5.74, 6) is 0.740. The number of pyridine rings is 1. The maximum absolute atomic E-state index is 13.8. The predicted octanol–water partition coefficient (Wildman–Crippen LogP) is 5.72. The van der Waals surface area contributed by atoms with E-state index < -0.39 is 18.2 Å². The number of hydrogen-bond acceptors (Lipinski definition) is 6. The van der Waals surface area contributed by atoms with E-state index in [1.807, 2.05) is 12.1 Å². The van der Waals surface area contributed by atoms with Crippen LogP contribution < -0.4 is 10.2 Å². The maximum atomic E-state index is 13.8. The standard InChI is InChI=1S/C29H39F2N3O4S/c30-28(31)38-29-13-18-10-19(14-29)25(20(11-18)15-29)33-26(37)22-7-8-23(32-27(22)39-21-5-1-2-6-21)34-9-3-4-17(16-34)12-24(35)36/h7-8,17-21,25,28H,1-6,9-16H2,(H,33,37)(H,35,36). The molecule has 2 N–H and O–H groups in total. The zero-order chi connectivity index (χ0) is 27.1. The summed E-state index contributed by atoms with van der Waals surface area (Å²) < 4.78 is 31.6. The first-order chi connectivity index (χ1) is 18.8. The molecule has 6 fully saturated rings. The number of rotatable bonds is 9. The number of carboxylic acids is 1. The SMILES string of the molecule is O=C(O)CC1CCCN(c2ccc(C(=O)NC3C4CC5CC3CC(OC(F)F)(C5)C4)c(SC3CCCC3)n2)C1. The van der Waals surface area contributed by atoms with Crippen molar-refractivity contribution in [2.45, 2.75) is 106 Å². The van der Waals surface area contributed by atoms with Crippen molar-refractivity contribution in [3.05, 3.63) is 17.7 Å².